The van der Waals surface area contributed by atoms with Crippen molar-refractivity contribution in [2.45, 2.75) is 32.1 Å². The number of fused-ring (bicyclic) bond motifs is 1. The van der Waals surface area contributed by atoms with E-state index in [4.69, 9.17) is 4.74 Å². The first-order chi connectivity index (χ1) is 10.2. The molecule has 0 fully saturated rings. The highest BCUT2D eigenvalue weighted by Crippen LogP contribution is 2.30. The lowest BCUT2D eigenvalue weighted by molar-refractivity contribution is 0.257. The van der Waals surface area contributed by atoms with E-state index in [0.29, 0.717) is 10.2 Å². The summed E-state index contributed by atoms with van der Waals surface area (Å²) < 4.78 is 6.50. The van der Waals surface area contributed by atoms with Gasteiger partial charge in [-0.2, -0.15) is 0 Å². The van der Waals surface area contributed by atoms with Crippen LogP contribution in [-0.4, -0.2) is 16.6 Å². The zero-order chi connectivity index (χ0) is 14.8. The molecule has 1 aliphatic rings. The van der Waals surface area contributed by atoms with E-state index in [2.05, 4.69) is 45.5 Å². The van der Waals surface area contributed by atoms with E-state index >= 15 is 0 Å². The summed E-state index contributed by atoms with van der Waals surface area (Å²) in [5.41, 5.74) is 2.03. The number of hydrogen-bond acceptors (Lipinski definition) is 3. The van der Waals surface area contributed by atoms with Crippen molar-refractivity contribution in [3.63, 3.8) is 0 Å². The molecule has 0 saturated heterocycles. The van der Waals surface area contributed by atoms with Crippen molar-refractivity contribution in [3.05, 3.63) is 55.3 Å². The van der Waals surface area contributed by atoms with Crippen molar-refractivity contribution in [3.8, 4) is 5.75 Å². The fraction of sp³-hybridized carbons (Fsp3) is 0.375. The summed E-state index contributed by atoms with van der Waals surface area (Å²) in [6.07, 6.45) is 2.67. The Hall–Kier alpha value is -1.37. The number of H-pyrrole nitrogens is 1. The lowest BCUT2D eigenvalue weighted by atomic mass is 9.96. The number of benzene rings is 1. The van der Waals surface area contributed by atoms with Crippen LogP contribution in [0.5, 0.6) is 5.75 Å². The van der Waals surface area contributed by atoms with Gasteiger partial charge in [0.2, 0.25) is 0 Å². The number of aromatic nitrogens is 2. The average Bonchev–Trinajstić information content (AvgIpc) is 2.51. The molecule has 1 aliphatic heterocycles. The van der Waals surface area contributed by atoms with Gasteiger partial charge >= 0.3 is 0 Å². The van der Waals surface area contributed by atoms with E-state index in [1.807, 2.05) is 18.2 Å². The van der Waals surface area contributed by atoms with E-state index in [-0.39, 0.29) is 11.5 Å². The maximum atomic E-state index is 12.1. The molecule has 1 N–H and O–H groups in total. The maximum absolute atomic E-state index is 12.1. The molecule has 3 rings (SSSR count). The van der Waals surface area contributed by atoms with Gasteiger partial charge in [-0.25, -0.2) is 4.98 Å². The molecular weight excluding hydrogens is 379 g/mol. The number of aryl methyl sites for hydroxylation is 1. The van der Waals surface area contributed by atoms with Crippen LogP contribution >= 0.6 is 22.6 Å². The standard InChI is InChI=1S/C16H17IN2O2/c1-2-5-12-14(17)16(20)19-15(18-12)11-8-10-6-3-4-7-13(10)21-9-11/h3-4,6-7,11H,2,5,8-9H2,1H3,(H,18,19,20). The van der Waals surface area contributed by atoms with Gasteiger partial charge in [0.25, 0.3) is 5.56 Å². The highest BCUT2D eigenvalue weighted by Gasteiger charge is 2.24. The largest absolute Gasteiger partial charge is 0.493 e. The summed E-state index contributed by atoms with van der Waals surface area (Å²) in [5, 5.41) is 0. The summed E-state index contributed by atoms with van der Waals surface area (Å²) in [7, 11) is 0. The van der Waals surface area contributed by atoms with Gasteiger partial charge in [-0.05, 0) is 47.1 Å². The van der Waals surface area contributed by atoms with Gasteiger partial charge in [-0.3, -0.25) is 4.79 Å². The van der Waals surface area contributed by atoms with Gasteiger partial charge < -0.3 is 9.72 Å². The van der Waals surface area contributed by atoms with Gasteiger partial charge in [0.05, 0.1) is 21.8 Å². The van der Waals surface area contributed by atoms with Gasteiger partial charge in [-0.1, -0.05) is 31.5 Å². The summed E-state index contributed by atoms with van der Waals surface area (Å²) in [4.78, 5) is 19.7. The number of nitrogens with zero attached hydrogens (tertiary/aromatic N) is 1. The molecule has 1 unspecified atom stereocenters. The lowest BCUT2D eigenvalue weighted by Crippen LogP contribution is -2.26. The second-order valence-electron chi connectivity index (χ2n) is 5.28. The third kappa shape index (κ3) is 2.97. The average molecular weight is 396 g/mol. The van der Waals surface area contributed by atoms with Crippen LogP contribution in [0.15, 0.2) is 29.1 Å². The minimum absolute atomic E-state index is 0.0390. The van der Waals surface area contributed by atoms with Crippen molar-refractivity contribution in [2.75, 3.05) is 6.61 Å². The van der Waals surface area contributed by atoms with Crippen molar-refractivity contribution in [1.82, 2.24) is 9.97 Å². The van der Waals surface area contributed by atoms with Gasteiger partial charge in [0.15, 0.2) is 0 Å². The quantitative estimate of drug-likeness (QED) is 0.812. The van der Waals surface area contributed by atoms with Crippen LogP contribution in [0.25, 0.3) is 0 Å². The molecule has 4 nitrogen and oxygen atoms in total. The molecule has 2 aromatic rings. The predicted octanol–water partition coefficient (Wildman–Crippen LogP) is 3.05. The summed E-state index contributed by atoms with van der Waals surface area (Å²) >= 11 is 2.08. The Morgan fingerprint density at radius 1 is 1.43 bits per heavy atom. The molecule has 5 heteroatoms. The smallest absolute Gasteiger partial charge is 0.264 e. The third-order valence-corrected chi connectivity index (χ3v) is 4.81. The highest BCUT2D eigenvalue weighted by atomic mass is 127. The van der Waals surface area contributed by atoms with E-state index in [0.717, 1.165) is 36.5 Å². The van der Waals surface area contributed by atoms with Crippen molar-refractivity contribution in [1.29, 1.82) is 0 Å². The van der Waals surface area contributed by atoms with Crippen LogP contribution < -0.4 is 10.3 Å². The van der Waals surface area contributed by atoms with Crippen molar-refractivity contribution in [2.24, 2.45) is 0 Å². The number of hydrogen-bond donors (Lipinski definition) is 1. The molecule has 110 valence electrons. The number of halogens is 1. The number of aromatic amines is 1. The van der Waals surface area contributed by atoms with Crippen LogP contribution in [0.3, 0.4) is 0 Å². The molecular formula is C16H17IN2O2. The molecule has 0 radical (unpaired) electrons. The van der Waals surface area contributed by atoms with E-state index in [9.17, 15) is 4.79 Å². The Morgan fingerprint density at radius 3 is 3.05 bits per heavy atom. The van der Waals surface area contributed by atoms with Gasteiger partial charge in [0.1, 0.15) is 11.6 Å². The first-order valence-electron chi connectivity index (χ1n) is 7.18. The summed E-state index contributed by atoms with van der Waals surface area (Å²) in [6.45, 7) is 2.66. The monoisotopic (exact) mass is 396 g/mol. The first kappa shape index (κ1) is 14.6. The molecule has 0 spiro atoms. The predicted molar refractivity (Wildman–Crippen MR) is 90.0 cm³/mol. The Labute approximate surface area is 137 Å². The van der Waals surface area contributed by atoms with Crippen molar-refractivity contribution < 1.29 is 4.74 Å². The second-order valence-corrected chi connectivity index (χ2v) is 6.36. The topological polar surface area (TPSA) is 55.0 Å². The van der Waals surface area contributed by atoms with Crippen LogP contribution in [0.1, 0.15) is 36.3 Å². The molecule has 1 aromatic carbocycles. The van der Waals surface area contributed by atoms with Crippen LogP contribution in [0, 0.1) is 3.57 Å². The minimum atomic E-state index is -0.0390. The molecule has 1 aromatic heterocycles. The zero-order valence-electron chi connectivity index (χ0n) is 11.9. The molecule has 0 saturated carbocycles. The molecule has 0 aliphatic carbocycles. The summed E-state index contributed by atoms with van der Waals surface area (Å²) in [6, 6.07) is 8.04. The first-order valence-corrected chi connectivity index (χ1v) is 8.26. The third-order valence-electron chi connectivity index (χ3n) is 3.70. The number of ether oxygens (including phenoxy) is 1. The SMILES string of the molecule is CCCc1nc(C2COc3ccccc3C2)[nH]c(=O)c1I. The van der Waals surface area contributed by atoms with Gasteiger partial charge in [-0.15, -0.1) is 0 Å². The minimum Gasteiger partial charge on any atom is -0.493 e. The molecule has 1 atom stereocenters. The molecule has 21 heavy (non-hydrogen) atoms. The van der Waals surface area contributed by atoms with E-state index in [1.54, 1.807) is 0 Å². The van der Waals surface area contributed by atoms with Crippen LogP contribution in [-0.2, 0) is 12.8 Å². The highest BCUT2D eigenvalue weighted by molar-refractivity contribution is 14.1. The van der Waals surface area contributed by atoms with Crippen LogP contribution in [0.2, 0.25) is 0 Å². The number of nitrogens with one attached hydrogen (secondary N) is 1. The lowest BCUT2D eigenvalue weighted by Gasteiger charge is -2.24. The van der Waals surface area contributed by atoms with E-state index in [1.165, 1.54) is 5.56 Å². The normalized spacial score (nSPS) is 17.1. The van der Waals surface area contributed by atoms with Crippen LogP contribution in [0.4, 0.5) is 0 Å². The molecule has 0 bridgehead atoms. The van der Waals surface area contributed by atoms with Crippen molar-refractivity contribution >= 4 is 22.6 Å². The second kappa shape index (κ2) is 6.17. The maximum Gasteiger partial charge on any atom is 0.264 e. The fourth-order valence-electron chi connectivity index (χ4n) is 2.62. The molecule has 0 amide bonds. The Kier molecular flexibility index (Phi) is 4.28. The fourth-order valence-corrected chi connectivity index (χ4v) is 3.15. The Morgan fingerprint density at radius 2 is 2.24 bits per heavy atom. The summed E-state index contributed by atoms with van der Waals surface area (Å²) in [5.74, 6) is 1.80. The Bertz CT molecular complexity index is 712. The zero-order valence-corrected chi connectivity index (χ0v) is 14.0. The van der Waals surface area contributed by atoms with Gasteiger partial charge in [0, 0.05) is 0 Å². The van der Waals surface area contributed by atoms with E-state index < -0.39 is 0 Å². The molecule has 2 heterocycles. The number of rotatable bonds is 3. The Balaban J connectivity index is 1.93. The number of para-hydroxylation sites is 1.